The van der Waals surface area contributed by atoms with E-state index in [0.717, 1.165) is 44.6 Å². The van der Waals surface area contributed by atoms with Gasteiger partial charge in [-0.2, -0.15) is 0 Å². The number of nitrogens with zero attached hydrogens (tertiary/aromatic N) is 3. The lowest BCUT2D eigenvalue weighted by Crippen LogP contribution is -2.43. The Bertz CT molecular complexity index is 986. The molecule has 0 bridgehead atoms. The molecule has 2 aromatic carbocycles. The lowest BCUT2D eigenvalue weighted by Gasteiger charge is -2.44. The first-order chi connectivity index (χ1) is 17.3. The zero-order valence-corrected chi connectivity index (χ0v) is 21.4. The van der Waals surface area contributed by atoms with Gasteiger partial charge in [-0.3, -0.25) is 13.4 Å². The highest BCUT2D eigenvalue weighted by Gasteiger charge is 2.42. The van der Waals surface area contributed by atoms with Crippen LogP contribution < -0.4 is 13.9 Å². The number of carboxylic acid groups (broad SMARTS) is 2. The second-order valence-electron chi connectivity index (χ2n) is 8.89. The fraction of sp³-hybridized carbons (Fsp3) is 0.480. The van der Waals surface area contributed by atoms with Crippen LogP contribution in [0.4, 0.5) is 26.2 Å². The maximum absolute atomic E-state index is 14.5. The zero-order valence-electron chi connectivity index (χ0n) is 20.6. The Balaban J connectivity index is 0.000000840. The summed E-state index contributed by atoms with van der Waals surface area (Å²) in [5, 5.41) is 17.6. The van der Waals surface area contributed by atoms with Crippen molar-refractivity contribution in [3.05, 3.63) is 54.3 Å². The highest BCUT2D eigenvalue weighted by Crippen LogP contribution is 2.64. The fourth-order valence-electron chi connectivity index (χ4n) is 4.60. The van der Waals surface area contributed by atoms with Gasteiger partial charge in [-0.25, -0.2) is 13.5 Å². The predicted molar refractivity (Wildman–Crippen MR) is 143 cm³/mol. The largest absolute Gasteiger partial charge is 0.503 e. The highest BCUT2D eigenvalue weighted by atomic mass is 32.3. The molecule has 0 amide bonds. The summed E-state index contributed by atoms with van der Waals surface area (Å²) in [6, 6.07) is 14.1. The number of piperidine rings is 1. The smallest absolute Gasteiger partial charge is 0.450 e. The van der Waals surface area contributed by atoms with E-state index in [9.17, 15) is 13.5 Å². The molecule has 0 spiro atoms. The van der Waals surface area contributed by atoms with E-state index in [1.54, 1.807) is 28.6 Å². The molecule has 200 valence electrons. The van der Waals surface area contributed by atoms with Crippen LogP contribution >= 0.6 is 11.0 Å². The summed E-state index contributed by atoms with van der Waals surface area (Å²) in [5.41, 5.74) is 1.51. The molecule has 11 heteroatoms. The molecule has 5 N–H and O–H groups in total. The standard InChI is InChI=1S/C24H35FN4O2S.CH2O3/c1-2-3-16-27-18-13-20(14-19-27)26-15-8-17-28-23-11-6-7-12-24(23)29(32(28,30)31)22-10-5-4-9-21(22)25;2-1(3)4/h4-7,9-12,20,26,30-31H,2-3,8,13-19H2,1H3;(H2,2,3,4). The van der Waals surface area contributed by atoms with Gasteiger partial charge in [0.25, 0.3) is 0 Å². The Hall–Kier alpha value is -2.57. The molecule has 2 aliphatic rings. The molecular weight excluding hydrogens is 487 g/mol. The van der Waals surface area contributed by atoms with Crippen molar-refractivity contribution in [2.45, 2.75) is 45.1 Å². The third kappa shape index (κ3) is 7.01. The number of hydrogen-bond acceptors (Lipinski definition) is 7. The summed E-state index contributed by atoms with van der Waals surface area (Å²) in [6.45, 7) is 7.02. The van der Waals surface area contributed by atoms with E-state index in [1.807, 2.05) is 18.2 Å². The molecule has 2 aromatic rings. The summed E-state index contributed by atoms with van der Waals surface area (Å²) < 4.78 is 39.8. The molecule has 1 fully saturated rings. The second kappa shape index (κ2) is 13.1. The van der Waals surface area contributed by atoms with Gasteiger partial charge in [0.05, 0.1) is 11.4 Å². The minimum Gasteiger partial charge on any atom is -0.450 e. The number of hydrogen-bond donors (Lipinski definition) is 5. The Morgan fingerprint density at radius 3 is 2.17 bits per heavy atom. The van der Waals surface area contributed by atoms with Gasteiger partial charge in [0.15, 0.2) is 0 Å². The number of likely N-dealkylation sites (tertiary alicyclic amines) is 1. The van der Waals surface area contributed by atoms with Crippen molar-refractivity contribution >= 4 is 34.2 Å². The van der Waals surface area contributed by atoms with E-state index >= 15 is 0 Å². The first-order valence-corrected chi connectivity index (χ1v) is 13.8. The maximum Gasteiger partial charge on any atom is 0.503 e. The van der Waals surface area contributed by atoms with Crippen molar-refractivity contribution in [1.82, 2.24) is 10.2 Å². The normalized spacial score (nSPS) is 18.3. The number of nitrogens with one attached hydrogen (secondary N) is 1. The quantitative estimate of drug-likeness (QED) is 0.258. The molecule has 0 aromatic heterocycles. The summed E-state index contributed by atoms with van der Waals surface area (Å²) in [6.07, 6.45) is 3.77. The zero-order chi connectivity index (χ0) is 26.1. The van der Waals surface area contributed by atoms with Crippen molar-refractivity contribution in [2.75, 3.05) is 41.3 Å². The Kier molecular flexibility index (Phi) is 10.2. The molecule has 0 unspecified atom stereocenters. The molecule has 4 rings (SSSR count). The van der Waals surface area contributed by atoms with E-state index in [0.29, 0.717) is 18.3 Å². The van der Waals surface area contributed by atoms with Gasteiger partial charge in [0.1, 0.15) is 11.5 Å². The summed E-state index contributed by atoms with van der Waals surface area (Å²) in [5.74, 6) is -0.476. The number of halogens is 1. The predicted octanol–water partition coefficient (Wildman–Crippen LogP) is 5.83. The number of unbranched alkanes of at least 4 members (excludes halogenated alkanes) is 1. The summed E-state index contributed by atoms with van der Waals surface area (Å²) >= 11 is 0. The van der Waals surface area contributed by atoms with Crippen LogP contribution in [0.25, 0.3) is 0 Å². The molecule has 36 heavy (non-hydrogen) atoms. The van der Waals surface area contributed by atoms with Gasteiger partial charge in [0, 0.05) is 12.6 Å². The number of para-hydroxylation sites is 3. The second-order valence-corrected chi connectivity index (χ2v) is 10.7. The maximum atomic E-state index is 14.5. The van der Waals surface area contributed by atoms with Crippen molar-refractivity contribution in [1.29, 1.82) is 0 Å². The van der Waals surface area contributed by atoms with Gasteiger partial charge in [-0.1, -0.05) is 37.6 Å². The number of fused-ring (bicyclic) bond motifs is 1. The van der Waals surface area contributed by atoms with E-state index in [-0.39, 0.29) is 5.69 Å². The molecule has 0 radical (unpaired) electrons. The topological polar surface area (TPSA) is 120 Å². The molecule has 0 saturated carbocycles. The van der Waals surface area contributed by atoms with Crippen molar-refractivity contribution in [3.8, 4) is 0 Å². The Morgan fingerprint density at radius 1 is 0.972 bits per heavy atom. The Morgan fingerprint density at radius 2 is 1.56 bits per heavy atom. The fourth-order valence-corrected chi connectivity index (χ4v) is 6.42. The van der Waals surface area contributed by atoms with E-state index < -0.39 is 22.9 Å². The average Bonchev–Trinajstić information content (AvgIpc) is 3.07. The van der Waals surface area contributed by atoms with Crippen molar-refractivity contribution in [2.24, 2.45) is 0 Å². The van der Waals surface area contributed by atoms with Gasteiger partial charge < -0.3 is 20.4 Å². The van der Waals surface area contributed by atoms with Crippen LogP contribution in [0.1, 0.15) is 39.0 Å². The molecule has 2 aliphatic heterocycles. The van der Waals surface area contributed by atoms with Crippen LogP contribution in [-0.2, 0) is 0 Å². The van der Waals surface area contributed by atoms with Gasteiger partial charge >= 0.3 is 6.16 Å². The number of rotatable bonds is 9. The molecular formula is C25H37FN4O5S. The SMILES string of the molecule is CCCCN1CCC(NCCCN2c3ccccc3N(c3ccccc3F)S2(O)O)CC1.O=C(O)O. The van der Waals surface area contributed by atoms with Crippen LogP contribution in [0.5, 0.6) is 0 Å². The third-order valence-electron chi connectivity index (χ3n) is 6.37. The summed E-state index contributed by atoms with van der Waals surface area (Å²) in [4.78, 5) is 11.1. The minimum absolute atomic E-state index is 0.176. The third-order valence-corrected chi connectivity index (χ3v) is 8.22. The van der Waals surface area contributed by atoms with Gasteiger partial charge in [0.2, 0.25) is 0 Å². The lowest BCUT2D eigenvalue weighted by atomic mass is 10.0. The van der Waals surface area contributed by atoms with Crippen LogP contribution in [0, 0.1) is 5.82 Å². The van der Waals surface area contributed by atoms with E-state index in [2.05, 4.69) is 17.1 Å². The molecule has 9 nitrogen and oxygen atoms in total. The van der Waals surface area contributed by atoms with Crippen molar-refractivity contribution in [3.63, 3.8) is 0 Å². The number of anilines is 3. The molecule has 2 heterocycles. The van der Waals surface area contributed by atoms with E-state index in [4.69, 9.17) is 15.0 Å². The Labute approximate surface area is 213 Å². The average molecular weight is 525 g/mol. The number of carbonyl (C=O) groups is 1. The van der Waals surface area contributed by atoms with Crippen molar-refractivity contribution < 1.29 is 28.5 Å². The van der Waals surface area contributed by atoms with Crippen LogP contribution in [0.3, 0.4) is 0 Å². The van der Waals surface area contributed by atoms with Gasteiger partial charge in [-0.15, -0.1) is 0 Å². The monoisotopic (exact) mass is 524 g/mol. The minimum atomic E-state index is -3.39. The summed E-state index contributed by atoms with van der Waals surface area (Å²) in [7, 11) is -3.39. The highest BCUT2D eigenvalue weighted by molar-refractivity contribution is 8.27. The van der Waals surface area contributed by atoms with E-state index in [1.165, 1.54) is 29.8 Å². The lowest BCUT2D eigenvalue weighted by molar-refractivity contribution is 0.137. The van der Waals surface area contributed by atoms with Gasteiger partial charge in [-0.05, 0) is 87.1 Å². The molecule has 0 aliphatic carbocycles. The van der Waals surface area contributed by atoms with Crippen LogP contribution in [0.2, 0.25) is 0 Å². The molecule has 1 saturated heterocycles. The molecule has 0 atom stereocenters. The number of benzene rings is 2. The van der Waals surface area contributed by atoms with Crippen LogP contribution in [-0.4, -0.2) is 69.1 Å². The first-order valence-electron chi connectivity index (χ1n) is 12.3. The first kappa shape index (κ1) is 28.0. The van der Waals surface area contributed by atoms with Crippen LogP contribution in [0.15, 0.2) is 48.5 Å².